The van der Waals surface area contributed by atoms with Gasteiger partial charge in [0.05, 0.1) is 5.56 Å². The van der Waals surface area contributed by atoms with Crippen LogP contribution in [0.5, 0.6) is 11.5 Å². The number of phenolic OH excluding ortho intramolecular Hbond substituents is 2. The highest BCUT2D eigenvalue weighted by Gasteiger charge is 2.34. The molecule has 1 aliphatic heterocycles. The molecular weight excluding hydrogens is 501 g/mol. The Kier molecular flexibility index (Phi) is 8.51. The van der Waals surface area contributed by atoms with Gasteiger partial charge in [0.25, 0.3) is 5.91 Å². The summed E-state index contributed by atoms with van der Waals surface area (Å²) in [5, 5.41) is 31.0. The second-order valence-electron chi connectivity index (χ2n) is 10.5. The number of carbonyl (C=O) groups is 1. The van der Waals surface area contributed by atoms with Crippen molar-refractivity contribution in [1.82, 2.24) is 29.9 Å². The molecule has 2 heterocycles. The summed E-state index contributed by atoms with van der Waals surface area (Å²) in [5.74, 6) is -1.38. The lowest BCUT2D eigenvalue weighted by Gasteiger charge is -2.42. The van der Waals surface area contributed by atoms with Crippen LogP contribution >= 0.6 is 0 Å². The van der Waals surface area contributed by atoms with Crippen LogP contribution in [0.25, 0.3) is 11.4 Å². The molecule has 210 valence electrons. The largest absolute Gasteiger partial charge is 0.508 e. The summed E-state index contributed by atoms with van der Waals surface area (Å²) in [4.78, 5) is 17.8. The van der Waals surface area contributed by atoms with Gasteiger partial charge in [-0.3, -0.25) is 14.3 Å². The molecule has 3 N–H and O–H groups in total. The van der Waals surface area contributed by atoms with E-state index in [1.165, 1.54) is 6.07 Å². The van der Waals surface area contributed by atoms with E-state index in [0.29, 0.717) is 24.4 Å². The van der Waals surface area contributed by atoms with Crippen molar-refractivity contribution in [2.75, 3.05) is 39.3 Å². The number of rotatable bonds is 7. The fraction of sp³-hybridized carbons (Fsp3) is 0.654. The lowest BCUT2D eigenvalue weighted by molar-refractivity contribution is -0.123. The third-order valence-corrected chi connectivity index (χ3v) is 7.76. The van der Waals surface area contributed by atoms with Crippen LogP contribution in [-0.2, 0) is 0 Å². The zero-order chi connectivity index (χ0) is 27.6. The number of likely N-dealkylation sites (N-methyl/N-ethyl adjacent to an activating group) is 1. The second kappa shape index (κ2) is 11.5. The number of alkyl halides is 3. The zero-order valence-corrected chi connectivity index (χ0v) is 22.1. The minimum atomic E-state index is -4.56. The molecule has 38 heavy (non-hydrogen) atoms. The molecule has 2 fully saturated rings. The van der Waals surface area contributed by atoms with Crippen molar-refractivity contribution >= 4 is 5.91 Å². The van der Waals surface area contributed by atoms with Crippen LogP contribution in [0.3, 0.4) is 0 Å². The highest BCUT2D eigenvalue weighted by Crippen LogP contribution is 2.40. The molecule has 1 aromatic carbocycles. The fourth-order valence-corrected chi connectivity index (χ4v) is 5.60. The van der Waals surface area contributed by atoms with Gasteiger partial charge in [0.2, 0.25) is 5.82 Å². The molecule has 4 rings (SSSR count). The molecule has 1 saturated carbocycles. The van der Waals surface area contributed by atoms with Crippen LogP contribution in [0.1, 0.15) is 74.6 Å². The van der Waals surface area contributed by atoms with Gasteiger partial charge >= 0.3 is 6.18 Å². The van der Waals surface area contributed by atoms with E-state index in [2.05, 4.69) is 26.9 Å². The predicted octanol–water partition coefficient (Wildman–Crippen LogP) is 3.89. The Bertz CT molecular complexity index is 1120. The average Bonchev–Trinajstić information content (AvgIpc) is 3.32. The van der Waals surface area contributed by atoms with Gasteiger partial charge < -0.3 is 20.4 Å². The van der Waals surface area contributed by atoms with Crippen LogP contribution in [0, 0.1) is 0 Å². The van der Waals surface area contributed by atoms with Crippen molar-refractivity contribution in [3.05, 3.63) is 23.5 Å². The van der Waals surface area contributed by atoms with E-state index < -0.39 is 18.6 Å². The van der Waals surface area contributed by atoms with E-state index >= 15 is 0 Å². The molecule has 0 unspecified atom stereocenters. The number of benzene rings is 1. The number of halogens is 3. The van der Waals surface area contributed by atoms with E-state index in [9.17, 15) is 28.2 Å². The summed E-state index contributed by atoms with van der Waals surface area (Å²) in [6, 6.07) is 3.00. The Morgan fingerprint density at radius 1 is 1.03 bits per heavy atom. The quantitative estimate of drug-likeness (QED) is 0.491. The smallest absolute Gasteiger partial charge is 0.405 e. The van der Waals surface area contributed by atoms with Crippen molar-refractivity contribution in [1.29, 1.82) is 0 Å². The molecule has 12 heteroatoms. The van der Waals surface area contributed by atoms with Gasteiger partial charge in [-0.05, 0) is 49.8 Å². The molecular formula is C26H37F3N6O3. The molecule has 1 aliphatic carbocycles. The van der Waals surface area contributed by atoms with Crippen LogP contribution < -0.4 is 5.32 Å². The van der Waals surface area contributed by atoms with Crippen molar-refractivity contribution in [2.24, 2.45) is 0 Å². The topological polar surface area (TPSA) is 107 Å². The van der Waals surface area contributed by atoms with E-state index in [4.69, 9.17) is 0 Å². The number of piperazine rings is 1. The number of nitrogens with one attached hydrogen (secondary N) is 1. The van der Waals surface area contributed by atoms with Gasteiger partial charge in [0.1, 0.15) is 18.0 Å². The van der Waals surface area contributed by atoms with Gasteiger partial charge in [-0.15, -0.1) is 10.2 Å². The van der Waals surface area contributed by atoms with Crippen LogP contribution in [0.2, 0.25) is 0 Å². The second-order valence-corrected chi connectivity index (χ2v) is 10.5. The van der Waals surface area contributed by atoms with Crippen molar-refractivity contribution in [2.45, 2.75) is 70.6 Å². The van der Waals surface area contributed by atoms with Gasteiger partial charge in [0.15, 0.2) is 5.82 Å². The average molecular weight is 539 g/mol. The number of phenols is 2. The first-order valence-corrected chi connectivity index (χ1v) is 13.3. The van der Waals surface area contributed by atoms with E-state index in [-0.39, 0.29) is 40.7 Å². The SMILES string of the molecule is CCN1CCN(C2CCC(n3c(C(=O)NCC(F)(F)F)nnc3-c3cc(C(C)C)c(O)cc3O)CC2)CC1. The molecule has 1 aromatic heterocycles. The first-order chi connectivity index (χ1) is 18.0. The number of hydrogen-bond acceptors (Lipinski definition) is 7. The van der Waals surface area contributed by atoms with Crippen LogP contribution in [0.4, 0.5) is 13.2 Å². The first-order valence-electron chi connectivity index (χ1n) is 13.3. The van der Waals surface area contributed by atoms with Gasteiger partial charge in [-0.2, -0.15) is 13.2 Å². The third kappa shape index (κ3) is 6.23. The van der Waals surface area contributed by atoms with Gasteiger partial charge in [-0.1, -0.05) is 20.8 Å². The summed E-state index contributed by atoms with van der Waals surface area (Å²) in [5.41, 5.74) is 0.844. The lowest BCUT2D eigenvalue weighted by Crippen LogP contribution is -2.51. The number of nitrogens with zero attached hydrogens (tertiary/aromatic N) is 5. The van der Waals surface area contributed by atoms with Crippen LogP contribution in [-0.4, -0.2) is 92.2 Å². The summed E-state index contributed by atoms with van der Waals surface area (Å²) in [7, 11) is 0. The van der Waals surface area contributed by atoms with E-state index in [0.717, 1.165) is 45.6 Å². The minimum absolute atomic E-state index is 0.0658. The number of aromatic nitrogens is 3. The molecule has 2 aromatic rings. The number of amides is 1. The number of hydrogen-bond donors (Lipinski definition) is 3. The number of carbonyl (C=O) groups excluding carboxylic acids is 1. The van der Waals surface area contributed by atoms with Crippen molar-refractivity contribution in [3.63, 3.8) is 0 Å². The molecule has 1 saturated heterocycles. The predicted molar refractivity (Wildman–Crippen MR) is 136 cm³/mol. The first kappa shape index (κ1) is 28.2. The monoisotopic (exact) mass is 538 g/mol. The normalized spacial score (nSPS) is 21.7. The Morgan fingerprint density at radius 2 is 1.66 bits per heavy atom. The Labute approximate surface area is 220 Å². The maximum absolute atomic E-state index is 12.8. The molecule has 0 spiro atoms. The molecule has 2 aliphatic rings. The molecule has 0 atom stereocenters. The maximum atomic E-state index is 12.8. The number of aromatic hydroxyl groups is 2. The maximum Gasteiger partial charge on any atom is 0.405 e. The standard InChI is InChI=1S/C26H37F3N6O3/c1-4-33-9-11-34(12-10-33)17-5-7-18(8-6-17)35-23(20-13-19(16(2)3)21(36)14-22(20)37)31-32-24(35)25(38)30-15-26(27,28)29/h13-14,16-18,36-37H,4-12,15H2,1-3H3,(H,30,38). The third-order valence-electron chi connectivity index (χ3n) is 7.76. The Balaban J connectivity index is 1.63. The Morgan fingerprint density at radius 3 is 2.24 bits per heavy atom. The summed E-state index contributed by atoms with van der Waals surface area (Å²) in [6.07, 6.45) is -1.43. The highest BCUT2D eigenvalue weighted by molar-refractivity contribution is 5.91. The fourth-order valence-electron chi connectivity index (χ4n) is 5.60. The summed E-state index contributed by atoms with van der Waals surface area (Å²) >= 11 is 0. The highest BCUT2D eigenvalue weighted by atomic mass is 19.4. The zero-order valence-electron chi connectivity index (χ0n) is 22.1. The molecule has 0 bridgehead atoms. The lowest BCUT2D eigenvalue weighted by atomic mass is 9.89. The summed E-state index contributed by atoms with van der Waals surface area (Å²) in [6.45, 7) is 9.58. The molecule has 0 radical (unpaired) electrons. The van der Waals surface area contributed by atoms with Gasteiger partial charge in [-0.25, -0.2) is 0 Å². The molecule has 1 amide bonds. The van der Waals surface area contributed by atoms with Crippen LogP contribution in [0.15, 0.2) is 12.1 Å². The minimum Gasteiger partial charge on any atom is -0.508 e. The Hall–Kier alpha value is -2.86. The van der Waals surface area contributed by atoms with Crippen molar-refractivity contribution < 1.29 is 28.2 Å². The summed E-state index contributed by atoms with van der Waals surface area (Å²) < 4.78 is 40.0. The van der Waals surface area contributed by atoms with Crippen molar-refractivity contribution in [3.8, 4) is 22.9 Å². The molecule has 9 nitrogen and oxygen atoms in total. The van der Waals surface area contributed by atoms with E-state index in [1.807, 2.05) is 19.2 Å². The van der Waals surface area contributed by atoms with E-state index in [1.54, 1.807) is 10.6 Å². The van der Waals surface area contributed by atoms with Gasteiger partial charge in [0, 0.05) is 44.3 Å².